The number of halogens is 4. The first-order chi connectivity index (χ1) is 8.12. The van der Waals surface area contributed by atoms with Crippen LogP contribution in [0.1, 0.15) is 40.5 Å². The summed E-state index contributed by atoms with van der Waals surface area (Å²) in [7, 11) is 0. The van der Waals surface area contributed by atoms with Crippen LogP contribution >= 0.6 is 15.9 Å². The minimum Gasteiger partial charge on any atom is -0.302 e. The molecule has 0 heterocycles. The molecule has 0 fully saturated rings. The van der Waals surface area contributed by atoms with E-state index in [0.29, 0.717) is 11.8 Å². The van der Waals surface area contributed by atoms with Crippen LogP contribution in [0.3, 0.4) is 0 Å². The second-order valence-corrected chi connectivity index (χ2v) is 6.78. The summed E-state index contributed by atoms with van der Waals surface area (Å²) in [6, 6.07) is 0. The zero-order valence-electron chi connectivity index (χ0n) is 11.7. The highest BCUT2D eigenvalue weighted by atomic mass is 79.9. The number of hydrogen-bond acceptors (Lipinski definition) is 1. The second kappa shape index (κ2) is 8.41. The summed E-state index contributed by atoms with van der Waals surface area (Å²) in [5.74, 6) is 1.04. The van der Waals surface area contributed by atoms with Crippen molar-refractivity contribution in [3.05, 3.63) is 0 Å². The molecule has 0 N–H and O–H groups in total. The van der Waals surface area contributed by atoms with Crippen LogP contribution in [0, 0.1) is 11.8 Å². The van der Waals surface area contributed by atoms with Gasteiger partial charge >= 0.3 is 6.18 Å². The molecule has 0 radical (unpaired) electrons. The summed E-state index contributed by atoms with van der Waals surface area (Å²) in [5.41, 5.74) is 0. The molecule has 1 unspecified atom stereocenters. The van der Waals surface area contributed by atoms with Crippen molar-refractivity contribution >= 4 is 15.9 Å². The maximum atomic E-state index is 12.5. The molecule has 110 valence electrons. The van der Waals surface area contributed by atoms with Gasteiger partial charge in [0.2, 0.25) is 0 Å². The van der Waals surface area contributed by atoms with Gasteiger partial charge in [0, 0.05) is 6.54 Å². The van der Waals surface area contributed by atoms with Crippen LogP contribution in [0.5, 0.6) is 0 Å². The lowest BCUT2D eigenvalue weighted by molar-refractivity contribution is -0.130. The maximum Gasteiger partial charge on any atom is 0.402 e. The van der Waals surface area contributed by atoms with E-state index in [2.05, 4.69) is 43.6 Å². The van der Waals surface area contributed by atoms with Gasteiger partial charge in [0.15, 0.2) is 0 Å². The Morgan fingerprint density at radius 1 is 0.944 bits per heavy atom. The maximum absolute atomic E-state index is 12.5. The van der Waals surface area contributed by atoms with Gasteiger partial charge in [-0.05, 0) is 37.8 Å². The Kier molecular flexibility index (Phi) is 8.52. The summed E-state index contributed by atoms with van der Waals surface area (Å²) in [6.07, 6.45) is -2.28. The van der Waals surface area contributed by atoms with E-state index in [4.69, 9.17) is 0 Å². The highest BCUT2D eigenvalue weighted by Crippen LogP contribution is 2.27. The van der Waals surface area contributed by atoms with Gasteiger partial charge in [0.25, 0.3) is 0 Å². The van der Waals surface area contributed by atoms with Crippen molar-refractivity contribution in [3.63, 3.8) is 0 Å². The lowest BCUT2D eigenvalue weighted by Crippen LogP contribution is -2.39. The minimum absolute atomic E-state index is 0.0446. The molecule has 5 heteroatoms. The van der Waals surface area contributed by atoms with Gasteiger partial charge in [-0.15, -0.1) is 0 Å². The smallest absolute Gasteiger partial charge is 0.302 e. The molecule has 0 saturated heterocycles. The highest BCUT2D eigenvalue weighted by Gasteiger charge is 2.38. The standard InChI is InChI=1S/C13H25BrF3N/c1-10(2)5-7-18(8-6-11(3)4)9-12(14)13(15,16)17/h10-12H,5-9H2,1-4H3. The molecule has 0 saturated carbocycles. The molecular weight excluding hydrogens is 307 g/mol. The molecule has 0 aliphatic rings. The third-order valence-electron chi connectivity index (χ3n) is 2.82. The number of nitrogens with zero attached hydrogens (tertiary/aromatic N) is 1. The Balaban J connectivity index is 4.27. The van der Waals surface area contributed by atoms with Crippen LogP contribution in [-0.4, -0.2) is 35.5 Å². The van der Waals surface area contributed by atoms with Crippen molar-refractivity contribution < 1.29 is 13.2 Å². The van der Waals surface area contributed by atoms with E-state index in [1.807, 2.05) is 4.90 Å². The lowest BCUT2D eigenvalue weighted by Gasteiger charge is -2.27. The number of hydrogen-bond donors (Lipinski definition) is 0. The molecule has 0 amide bonds. The predicted molar refractivity (Wildman–Crippen MR) is 74.1 cm³/mol. The van der Waals surface area contributed by atoms with Crippen LogP contribution in [0.15, 0.2) is 0 Å². The Morgan fingerprint density at radius 2 is 1.33 bits per heavy atom. The molecule has 0 bridgehead atoms. The summed E-state index contributed by atoms with van der Waals surface area (Å²) in [4.78, 5) is 0.497. The third kappa shape index (κ3) is 9.20. The Bertz CT molecular complexity index is 205. The monoisotopic (exact) mass is 331 g/mol. The molecule has 0 rings (SSSR count). The Morgan fingerprint density at radius 3 is 1.61 bits per heavy atom. The third-order valence-corrected chi connectivity index (χ3v) is 3.63. The molecule has 0 aliphatic carbocycles. The Labute approximate surface area is 117 Å². The van der Waals surface area contributed by atoms with Crippen LogP contribution in [0.4, 0.5) is 13.2 Å². The molecule has 1 nitrogen and oxygen atoms in total. The van der Waals surface area contributed by atoms with E-state index >= 15 is 0 Å². The van der Waals surface area contributed by atoms with Crippen molar-refractivity contribution in [2.45, 2.75) is 51.5 Å². The van der Waals surface area contributed by atoms with Gasteiger partial charge in [-0.2, -0.15) is 13.2 Å². The number of rotatable bonds is 8. The van der Waals surface area contributed by atoms with Crippen molar-refractivity contribution in [3.8, 4) is 0 Å². The van der Waals surface area contributed by atoms with E-state index in [0.717, 1.165) is 25.9 Å². The molecule has 1 atom stereocenters. The van der Waals surface area contributed by atoms with Gasteiger partial charge in [-0.3, -0.25) is 0 Å². The fourth-order valence-electron chi connectivity index (χ4n) is 1.51. The van der Waals surface area contributed by atoms with Gasteiger partial charge in [0.1, 0.15) is 4.83 Å². The SMILES string of the molecule is CC(C)CCN(CCC(C)C)CC(Br)C(F)(F)F. The molecule has 0 spiro atoms. The summed E-state index contributed by atoms with van der Waals surface area (Å²) in [6.45, 7) is 9.89. The molecule has 0 aromatic carbocycles. The van der Waals surface area contributed by atoms with Crippen LogP contribution in [0.2, 0.25) is 0 Å². The summed E-state index contributed by atoms with van der Waals surface area (Å²) >= 11 is 2.75. The summed E-state index contributed by atoms with van der Waals surface area (Å²) in [5, 5.41) is 0. The van der Waals surface area contributed by atoms with Gasteiger partial charge in [-0.1, -0.05) is 43.6 Å². The topological polar surface area (TPSA) is 3.24 Å². The van der Waals surface area contributed by atoms with Crippen LogP contribution in [0.25, 0.3) is 0 Å². The normalized spacial score (nSPS) is 14.8. The Hall–Kier alpha value is 0.230. The molecule has 0 aliphatic heterocycles. The second-order valence-electron chi connectivity index (χ2n) is 5.67. The van der Waals surface area contributed by atoms with Crippen molar-refractivity contribution in [1.82, 2.24) is 4.90 Å². The first-order valence-electron chi connectivity index (χ1n) is 6.56. The fourth-order valence-corrected chi connectivity index (χ4v) is 1.92. The van der Waals surface area contributed by atoms with Crippen LogP contribution in [-0.2, 0) is 0 Å². The molecule has 18 heavy (non-hydrogen) atoms. The average molecular weight is 332 g/mol. The number of alkyl halides is 4. The minimum atomic E-state index is -4.16. The largest absolute Gasteiger partial charge is 0.402 e. The first kappa shape index (κ1) is 18.2. The molecule has 0 aromatic rings. The van der Waals surface area contributed by atoms with Gasteiger partial charge in [0.05, 0.1) is 0 Å². The van der Waals surface area contributed by atoms with Gasteiger partial charge in [-0.25, -0.2) is 0 Å². The summed E-state index contributed by atoms with van der Waals surface area (Å²) < 4.78 is 37.6. The molecular formula is C13H25BrF3N. The highest BCUT2D eigenvalue weighted by molar-refractivity contribution is 9.09. The fraction of sp³-hybridized carbons (Fsp3) is 1.00. The van der Waals surface area contributed by atoms with Crippen LogP contribution < -0.4 is 0 Å². The van der Waals surface area contributed by atoms with Gasteiger partial charge < -0.3 is 4.90 Å². The van der Waals surface area contributed by atoms with Crippen molar-refractivity contribution in [2.75, 3.05) is 19.6 Å². The quantitative estimate of drug-likeness (QED) is 0.582. The zero-order chi connectivity index (χ0) is 14.3. The predicted octanol–water partition coefficient (Wildman–Crippen LogP) is 4.71. The van der Waals surface area contributed by atoms with E-state index in [1.54, 1.807) is 0 Å². The van der Waals surface area contributed by atoms with E-state index < -0.39 is 11.0 Å². The van der Waals surface area contributed by atoms with Crippen molar-refractivity contribution in [2.24, 2.45) is 11.8 Å². The van der Waals surface area contributed by atoms with E-state index in [9.17, 15) is 13.2 Å². The zero-order valence-corrected chi connectivity index (χ0v) is 13.3. The average Bonchev–Trinajstić information content (AvgIpc) is 2.19. The van der Waals surface area contributed by atoms with E-state index in [1.165, 1.54) is 0 Å². The van der Waals surface area contributed by atoms with E-state index in [-0.39, 0.29) is 6.54 Å². The lowest BCUT2D eigenvalue weighted by atomic mass is 10.1. The molecule has 0 aromatic heterocycles. The van der Waals surface area contributed by atoms with Crippen molar-refractivity contribution in [1.29, 1.82) is 0 Å². The first-order valence-corrected chi connectivity index (χ1v) is 7.47.